The summed E-state index contributed by atoms with van der Waals surface area (Å²) in [7, 11) is 0. The molecule has 33 heavy (non-hydrogen) atoms. The Morgan fingerprint density at radius 3 is 2.15 bits per heavy atom. The van der Waals surface area contributed by atoms with E-state index < -0.39 is 42.2 Å². The number of carbonyl (C=O) groups excluding carboxylic acids is 5. The Hall–Kier alpha value is -3.72. The topological polar surface area (TPSA) is 122 Å². The van der Waals surface area contributed by atoms with Crippen molar-refractivity contribution in [1.82, 2.24) is 15.8 Å². The number of fused-ring (bicyclic) bond motifs is 1. The lowest BCUT2D eigenvalue weighted by Gasteiger charge is -2.24. The molecule has 0 fully saturated rings. The fraction of sp³-hybridized carbons (Fsp3) is 0.261. The molecule has 0 unspecified atom stereocenters. The zero-order valence-electron chi connectivity index (χ0n) is 17.8. The number of nitrogens with one attached hydrogen (secondary N) is 2. The summed E-state index contributed by atoms with van der Waals surface area (Å²) in [4.78, 5) is 63.2. The summed E-state index contributed by atoms with van der Waals surface area (Å²) in [6.45, 7) is 1.20. The van der Waals surface area contributed by atoms with E-state index in [-0.39, 0.29) is 23.1 Å². The highest BCUT2D eigenvalue weighted by Gasteiger charge is 2.43. The molecule has 3 rings (SSSR count). The monoisotopic (exact) mass is 471 g/mol. The molecule has 1 aliphatic heterocycles. The predicted octanol–water partition coefficient (Wildman–Crippen LogP) is 2.50. The molecule has 172 valence electrons. The van der Waals surface area contributed by atoms with Gasteiger partial charge in [0, 0.05) is 10.6 Å². The third-order valence-corrected chi connectivity index (χ3v) is 5.26. The number of benzene rings is 2. The quantitative estimate of drug-likeness (QED) is 0.346. The maximum atomic E-state index is 12.7. The summed E-state index contributed by atoms with van der Waals surface area (Å²) in [5, 5.41) is 0.457. The number of hydrogen-bond donors (Lipinski definition) is 2. The van der Waals surface area contributed by atoms with Crippen LogP contribution >= 0.6 is 11.6 Å². The minimum absolute atomic E-state index is 0.204. The van der Waals surface area contributed by atoms with Gasteiger partial charge in [0.05, 0.1) is 11.1 Å². The van der Waals surface area contributed by atoms with Gasteiger partial charge in [-0.25, -0.2) is 4.79 Å². The van der Waals surface area contributed by atoms with Crippen molar-refractivity contribution in [3.63, 3.8) is 0 Å². The van der Waals surface area contributed by atoms with E-state index in [0.29, 0.717) is 11.4 Å². The number of halogens is 1. The molecule has 0 aromatic heterocycles. The van der Waals surface area contributed by atoms with Gasteiger partial charge in [-0.15, -0.1) is 0 Å². The van der Waals surface area contributed by atoms with Crippen molar-refractivity contribution in [3.05, 3.63) is 70.2 Å². The van der Waals surface area contributed by atoms with Crippen LogP contribution in [0.2, 0.25) is 5.02 Å². The van der Waals surface area contributed by atoms with Crippen LogP contribution in [0.4, 0.5) is 0 Å². The van der Waals surface area contributed by atoms with Gasteiger partial charge < -0.3 is 4.74 Å². The Labute approximate surface area is 195 Å². The van der Waals surface area contributed by atoms with Crippen molar-refractivity contribution in [2.75, 3.05) is 6.61 Å². The van der Waals surface area contributed by atoms with E-state index in [1.807, 2.05) is 6.92 Å². The summed E-state index contributed by atoms with van der Waals surface area (Å²) in [5.74, 6) is -3.40. The second-order valence-corrected chi connectivity index (χ2v) is 7.74. The van der Waals surface area contributed by atoms with Gasteiger partial charge in [0.2, 0.25) is 0 Å². The third kappa shape index (κ3) is 5.56. The zero-order valence-corrected chi connectivity index (χ0v) is 18.6. The number of carbonyl (C=O) groups is 5. The van der Waals surface area contributed by atoms with E-state index in [2.05, 4.69) is 10.9 Å². The Morgan fingerprint density at radius 2 is 1.58 bits per heavy atom. The van der Waals surface area contributed by atoms with E-state index in [4.69, 9.17) is 16.3 Å². The number of unbranched alkanes of at least 4 members (excludes halogenated alkanes) is 1. The van der Waals surface area contributed by atoms with Crippen LogP contribution in [0, 0.1) is 0 Å². The molecule has 0 spiro atoms. The smallest absolute Gasteiger partial charge is 0.329 e. The van der Waals surface area contributed by atoms with Crippen molar-refractivity contribution < 1.29 is 28.7 Å². The lowest BCUT2D eigenvalue weighted by Crippen LogP contribution is -2.47. The summed E-state index contributed by atoms with van der Waals surface area (Å²) in [6, 6.07) is 11.2. The standard InChI is InChI=1S/C23H22ClN3O6/c1-2-3-8-18(27-21(30)16-6-4-5-7-17(16)22(27)31)23(32)33-13-19(28)25-26-20(29)14-9-11-15(24)12-10-14/h4-7,9-12,18H,2-3,8,13H2,1H3,(H,25,28)(H,26,29)/t18-/m1/s1. The van der Waals surface area contributed by atoms with E-state index in [9.17, 15) is 24.0 Å². The highest BCUT2D eigenvalue weighted by molar-refractivity contribution is 6.30. The van der Waals surface area contributed by atoms with Crippen LogP contribution in [0.25, 0.3) is 0 Å². The first kappa shape index (κ1) is 23.9. The molecule has 1 heterocycles. The summed E-state index contributed by atoms with van der Waals surface area (Å²) >= 11 is 5.77. The molecule has 0 aliphatic carbocycles. The van der Waals surface area contributed by atoms with Crippen LogP contribution in [0.15, 0.2) is 48.5 Å². The molecule has 2 aromatic carbocycles. The van der Waals surface area contributed by atoms with Crippen LogP contribution in [-0.2, 0) is 14.3 Å². The lowest BCUT2D eigenvalue weighted by molar-refractivity contribution is -0.152. The molecule has 0 bridgehead atoms. The summed E-state index contributed by atoms with van der Waals surface area (Å²) in [5.41, 5.74) is 5.04. The minimum atomic E-state index is -1.16. The van der Waals surface area contributed by atoms with Gasteiger partial charge in [0.1, 0.15) is 6.04 Å². The average Bonchev–Trinajstić information content (AvgIpc) is 3.07. The van der Waals surface area contributed by atoms with Crippen LogP contribution in [0.5, 0.6) is 0 Å². The van der Waals surface area contributed by atoms with Gasteiger partial charge in [-0.1, -0.05) is 43.5 Å². The van der Waals surface area contributed by atoms with Crippen LogP contribution in [0.1, 0.15) is 57.3 Å². The zero-order chi connectivity index (χ0) is 24.0. The van der Waals surface area contributed by atoms with Crippen molar-refractivity contribution in [3.8, 4) is 0 Å². The number of imide groups is 1. The number of nitrogens with zero attached hydrogens (tertiary/aromatic N) is 1. The molecule has 2 N–H and O–H groups in total. The first-order valence-corrected chi connectivity index (χ1v) is 10.7. The number of ether oxygens (including phenoxy) is 1. The molecule has 10 heteroatoms. The van der Waals surface area contributed by atoms with Gasteiger partial charge in [-0.3, -0.25) is 34.9 Å². The molecule has 1 aliphatic rings. The number of rotatable bonds is 8. The summed E-state index contributed by atoms with van der Waals surface area (Å²) < 4.78 is 5.06. The van der Waals surface area contributed by atoms with Crippen LogP contribution in [0.3, 0.4) is 0 Å². The molecule has 2 aromatic rings. The van der Waals surface area contributed by atoms with Crippen molar-refractivity contribution in [1.29, 1.82) is 0 Å². The average molecular weight is 472 g/mol. The maximum absolute atomic E-state index is 12.7. The van der Waals surface area contributed by atoms with Crippen molar-refractivity contribution in [2.45, 2.75) is 32.2 Å². The van der Waals surface area contributed by atoms with Crippen molar-refractivity contribution >= 4 is 41.2 Å². The van der Waals surface area contributed by atoms with Gasteiger partial charge in [0.15, 0.2) is 6.61 Å². The molecular weight excluding hydrogens is 450 g/mol. The normalized spacial score (nSPS) is 13.3. The molecule has 4 amide bonds. The van der Waals surface area contributed by atoms with Gasteiger partial charge >= 0.3 is 5.97 Å². The van der Waals surface area contributed by atoms with E-state index in [1.165, 1.54) is 36.4 Å². The predicted molar refractivity (Wildman–Crippen MR) is 118 cm³/mol. The molecule has 0 saturated carbocycles. The Bertz CT molecular complexity index is 1050. The van der Waals surface area contributed by atoms with Crippen LogP contribution < -0.4 is 10.9 Å². The number of hydrogen-bond acceptors (Lipinski definition) is 6. The van der Waals surface area contributed by atoms with E-state index >= 15 is 0 Å². The Kier molecular flexibility index (Phi) is 7.78. The lowest BCUT2D eigenvalue weighted by atomic mass is 10.1. The van der Waals surface area contributed by atoms with Gasteiger partial charge in [-0.2, -0.15) is 0 Å². The summed E-state index contributed by atoms with van der Waals surface area (Å²) in [6.07, 6.45) is 1.50. The van der Waals surface area contributed by atoms with Crippen molar-refractivity contribution in [2.24, 2.45) is 0 Å². The number of esters is 1. The molecule has 0 radical (unpaired) electrons. The first-order chi connectivity index (χ1) is 15.8. The molecular formula is C23H22ClN3O6. The molecule has 9 nitrogen and oxygen atoms in total. The molecule has 1 atom stereocenters. The highest BCUT2D eigenvalue weighted by Crippen LogP contribution is 2.26. The van der Waals surface area contributed by atoms with E-state index in [1.54, 1.807) is 12.1 Å². The Morgan fingerprint density at radius 1 is 0.970 bits per heavy atom. The van der Waals surface area contributed by atoms with Crippen LogP contribution in [-0.4, -0.2) is 47.1 Å². The third-order valence-electron chi connectivity index (χ3n) is 5.01. The number of hydrazine groups is 1. The van der Waals surface area contributed by atoms with E-state index in [0.717, 1.165) is 11.3 Å². The maximum Gasteiger partial charge on any atom is 0.329 e. The second kappa shape index (κ2) is 10.7. The largest absolute Gasteiger partial charge is 0.454 e. The van der Waals surface area contributed by atoms with Gasteiger partial charge in [-0.05, 0) is 42.8 Å². The highest BCUT2D eigenvalue weighted by atomic mass is 35.5. The number of amides is 4. The minimum Gasteiger partial charge on any atom is -0.454 e. The van der Waals surface area contributed by atoms with Gasteiger partial charge in [0.25, 0.3) is 23.6 Å². The molecule has 0 saturated heterocycles. The SMILES string of the molecule is CCCC[C@H](C(=O)OCC(=O)NNC(=O)c1ccc(Cl)cc1)N1C(=O)c2ccccc2C1=O. The first-order valence-electron chi connectivity index (χ1n) is 10.3. The second-order valence-electron chi connectivity index (χ2n) is 7.30. The fourth-order valence-corrected chi connectivity index (χ4v) is 3.44. The Balaban J connectivity index is 1.58. The fourth-order valence-electron chi connectivity index (χ4n) is 3.31.